The number of aromatic amines is 1. The third-order valence-electron chi connectivity index (χ3n) is 2.32. The maximum Gasteiger partial charge on any atom is 0.0526 e. The summed E-state index contributed by atoms with van der Waals surface area (Å²) in [6.07, 6.45) is 2.65. The molecule has 4 heteroatoms. The van der Waals surface area contributed by atoms with Gasteiger partial charge >= 0.3 is 0 Å². The Morgan fingerprint density at radius 3 is 2.67 bits per heavy atom. The fourth-order valence-corrected chi connectivity index (χ4v) is 1.62. The number of rotatable bonds is 3. The highest BCUT2D eigenvalue weighted by Gasteiger charge is 2.03. The Morgan fingerprint density at radius 1 is 1.27 bits per heavy atom. The first-order valence-electron chi connectivity index (χ1n) is 4.75. The molecule has 0 aliphatic rings. The number of hydrogen-bond donors (Lipinski definition) is 2. The molecule has 78 valence electrons. The van der Waals surface area contributed by atoms with Crippen LogP contribution in [0.25, 0.3) is 0 Å². The van der Waals surface area contributed by atoms with Gasteiger partial charge in [0, 0.05) is 18.0 Å². The Kier molecular flexibility index (Phi) is 3.04. The predicted octanol–water partition coefficient (Wildman–Crippen LogP) is 2.11. The summed E-state index contributed by atoms with van der Waals surface area (Å²) in [4.78, 5) is 0. The first-order valence-corrected chi connectivity index (χ1v) is 5.13. The minimum atomic E-state index is 0.489. The summed E-state index contributed by atoms with van der Waals surface area (Å²) >= 11 is 5.81. The van der Waals surface area contributed by atoms with E-state index in [9.17, 15) is 0 Å². The average Bonchev–Trinajstić information content (AvgIpc) is 2.69. The molecule has 0 amide bonds. The highest BCUT2D eigenvalue weighted by molar-refractivity contribution is 6.30. The zero-order chi connectivity index (χ0) is 10.7. The van der Waals surface area contributed by atoms with E-state index >= 15 is 0 Å². The van der Waals surface area contributed by atoms with Gasteiger partial charge < -0.3 is 5.73 Å². The van der Waals surface area contributed by atoms with Gasteiger partial charge in [-0.1, -0.05) is 23.7 Å². The van der Waals surface area contributed by atoms with Gasteiger partial charge in [0.15, 0.2) is 0 Å². The number of nitrogens with two attached hydrogens (primary N) is 1. The van der Waals surface area contributed by atoms with Gasteiger partial charge in [-0.25, -0.2) is 0 Å². The van der Waals surface area contributed by atoms with E-state index in [4.69, 9.17) is 17.3 Å². The Labute approximate surface area is 93.3 Å². The quantitative estimate of drug-likeness (QED) is 0.834. The van der Waals surface area contributed by atoms with Crippen molar-refractivity contribution in [3.05, 3.63) is 52.3 Å². The normalized spacial score (nSPS) is 10.5. The fraction of sp³-hybridized carbons (Fsp3) is 0.182. The number of H-pyrrole nitrogens is 1. The van der Waals surface area contributed by atoms with Gasteiger partial charge in [0.2, 0.25) is 0 Å². The minimum Gasteiger partial charge on any atom is -0.325 e. The van der Waals surface area contributed by atoms with Crippen molar-refractivity contribution in [2.45, 2.75) is 13.0 Å². The van der Waals surface area contributed by atoms with Gasteiger partial charge in [-0.2, -0.15) is 5.10 Å². The number of nitrogens with one attached hydrogen (secondary N) is 1. The Morgan fingerprint density at radius 2 is 2.00 bits per heavy atom. The van der Waals surface area contributed by atoms with Crippen molar-refractivity contribution in [2.24, 2.45) is 5.73 Å². The number of nitrogens with zero attached hydrogens (tertiary/aromatic N) is 1. The average molecular weight is 222 g/mol. The monoisotopic (exact) mass is 221 g/mol. The van der Waals surface area contributed by atoms with Gasteiger partial charge in [0.05, 0.1) is 11.9 Å². The van der Waals surface area contributed by atoms with Gasteiger partial charge in [-0.3, -0.25) is 5.10 Å². The van der Waals surface area contributed by atoms with E-state index in [1.165, 1.54) is 5.56 Å². The van der Waals surface area contributed by atoms with Gasteiger partial charge in [-0.15, -0.1) is 0 Å². The second kappa shape index (κ2) is 4.47. The van der Waals surface area contributed by atoms with Crippen LogP contribution in [0.4, 0.5) is 0 Å². The molecule has 1 heterocycles. The number of aromatic nitrogens is 2. The standard InChI is InChI=1S/C11H12ClN3/c12-10-3-1-8(2-4-10)5-9-7-14-15-11(9)6-13/h1-4,7H,5-6,13H2,(H,14,15). The van der Waals surface area contributed by atoms with Crippen molar-refractivity contribution in [2.75, 3.05) is 0 Å². The molecule has 3 nitrogen and oxygen atoms in total. The summed E-state index contributed by atoms with van der Waals surface area (Å²) < 4.78 is 0. The molecule has 1 aromatic carbocycles. The lowest BCUT2D eigenvalue weighted by Gasteiger charge is -2.01. The molecule has 2 rings (SSSR count). The molecule has 0 spiro atoms. The second-order valence-corrected chi connectivity index (χ2v) is 3.82. The summed E-state index contributed by atoms with van der Waals surface area (Å²) in [5.74, 6) is 0. The van der Waals surface area contributed by atoms with Crippen molar-refractivity contribution in [3.8, 4) is 0 Å². The predicted molar refractivity (Wildman–Crippen MR) is 60.7 cm³/mol. The fourth-order valence-electron chi connectivity index (χ4n) is 1.49. The van der Waals surface area contributed by atoms with Crippen LogP contribution in [-0.4, -0.2) is 10.2 Å². The topological polar surface area (TPSA) is 54.7 Å². The van der Waals surface area contributed by atoms with Crippen LogP contribution in [0.1, 0.15) is 16.8 Å². The minimum absolute atomic E-state index is 0.489. The van der Waals surface area contributed by atoms with E-state index in [1.807, 2.05) is 30.5 Å². The molecule has 0 radical (unpaired) electrons. The SMILES string of the molecule is NCc1[nH]ncc1Cc1ccc(Cl)cc1. The second-order valence-electron chi connectivity index (χ2n) is 3.38. The van der Waals surface area contributed by atoms with Crippen molar-refractivity contribution < 1.29 is 0 Å². The summed E-state index contributed by atoms with van der Waals surface area (Å²) in [6, 6.07) is 7.80. The molecule has 0 saturated carbocycles. The molecule has 0 unspecified atom stereocenters. The Balaban J connectivity index is 2.18. The van der Waals surface area contributed by atoms with E-state index in [-0.39, 0.29) is 0 Å². The molecule has 0 atom stereocenters. The third kappa shape index (κ3) is 2.37. The van der Waals surface area contributed by atoms with Crippen LogP contribution in [0.2, 0.25) is 5.02 Å². The first kappa shape index (κ1) is 10.2. The highest BCUT2D eigenvalue weighted by atomic mass is 35.5. The van der Waals surface area contributed by atoms with Crippen LogP contribution in [0.5, 0.6) is 0 Å². The molecular weight excluding hydrogens is 210 g/mol. The molecule has 0 aliphatic heterocycles. The van der Waals surface area contributed by atoms with Crippen LogP contribution in [0, 0.1) is 0 Å². The van der Waals surface area contributed by atoms with Crippen LogP contribution in [0.3, 0.4) is 0 Å². The van der Waals surface area contributed by atoms with E-state index in [1.54, 1.807) is 0 Å². The van der Waals surface area contributed by atoms with Crippen molar-refractivity contribution >= 4 is 11.6 Å². The summed E-state index contributed by atoms with van der Waals surface area (Å²) in [6.45, 7) is 0.489. The van der Waals surface area contributed by atoms with Gasteiger partial charge in [-0.05, 0) is 23.3 Å². The molecule has 0 aliphatic carbocycles. The molecule has 0 bridgehead atoms. The van der Waals surface area contributed by atoms with Crippen LogP contribution < -0.4 is 5.73 Å². The Bertz CT molecular complexity index is 433. The number of benzene rings is 1. The smallest absolute Gasteiger partial charge is 0.0526 e. The summed E-state index contributed by atoms with van der Waals surface area (Å²) in [7, 11) is 0. The largest absolute Gasteiger partial charge is 0.325 e. The van der Waals surface area contributed by atoms with Crippen LogP contribution >= 0.6 is 11.6 Å². The van der Waals surface area contributed by atoms with E-state index in [0.29, 0.717) is 6.54 Å². The Hall–Kier alpha value is -1.32. The molecule has 15 heavy (non-hydrogen) atoms. The lowest BCUT2D eigenvalue weighted by Crippen LogP contribution is -2.00. The van der Waals surface area contributed by atoms with E-state index in [2.05, 4.69) is 10.2 Å². The molecule has 3 N–H and O–H groups in total. The number of hydrogen-bond acceptors (Lipinski definition) is 2. The van der Waals surface area contributed by atoms with Gasteiger partial charge in [0.1, 0.15) is 0 Å². The summed E-state index contributed by atoms with van der Waals surface area (Å²) in [5, 5.41) is 7.62. The lowest BCUT2D eigenvalue weighted by atomic mass is 10.1. The van der Waals surface area contributed by atoms with Crippen molar-refractivity contribution in [1.82, 2.24) is 10.2 Å². The lowest BCUT2D eigenvalue weighted by molar-refractivity contribution is 0.933. The third-order valence-corrected chi connectivity index (χ3v) is 2.57. The maximum absolute atomic E-state index is 5.81. The highest BCUT2D eigenvalue weighted by Crippen LogP contribution is 2.14. The van der Waals surface area contributed by atoms with Crippen molar-refractivity contribution in [3.63, 3.8) is 0 Å². The van der Waals surface area contributed by atoms with E-state index < -0.39 is 0 Å². The van der Waals surface area contributed by atoms with E-state index in [0.717, 1.165) is 22.7 Å². The first-order chi connectivity index (χ1) is 7.29. The summed E-state index contributed by atoms with van der Waals surface area (Å²) in [5.41, 5.74) is 8.91. The van der Waals surface area contributed by atoms with Crippen LogP contribution in [-0.2, 0) is 13.0 Å². The zero-order valence-electron chi connectivity index (χ0n) is 8.20. The van der Waals surface area contributed by atoms with Crippen molar-refractivity contribution in [1.29, 1.82) is 0 Å². The zero-order valence-corrected chi connectivity index (χ0v) is 8.96. The molecule has 2 aromatic rings. The van der Waals surface area contributed by atoms with Gasteiger partial charge in [0.25, 0.3) is 0 Å². The molecule has 1 aromatic heterocycles. The van der Waals surface area contributed by atoms with Crippen LogP contribution in [0.15, 0.2) is 30.5 Å². The number of halogens is 1. The maximum atomic E-state index is 5.81. The molecule has 0 saturated heterocycles. The molecular formula is C11H12ClN3. The molecule has 0 fully saturated rings.